The fourth-order valence-corrected chi connectivity index (χ4v) is 3.06. The van der Waals surface area contributed by atoms with Crippen molar-refractivity contribution in [2.24, 2.45) is 0 Å². The first-order valence-corrected chi connectivity index (χ1v) is 7.82. The maximum atomic E-state index is 12.7. The molecule has 0 aliphatic carbocycles. The van der Waals surface area contributed by atoms with Crippen LogP contribution in [0.5, 0.6) is 5.75 Å². The molecule has 5 nitrogen and oxygen atoms in total. The maximum absolute atomic E-state index is 12.7. The molecule has 0 amide bonds. The van der Waals surface area contributed by atoms with E-state index in [9.17, 15) is 4.79 Å². The van der Waals surface area contributed by atoms with Crippen LogP contribution in [0.4, 0.5) is 5.13 Å². The van der Waals surface area contributed by atoms with Crippen molar-refractivity contribution in [3.63, 3.8) is 0 Å². The molecule has 0 aliphatic heterocycles. The highest BCUT2D eigenvalue weighted by Gasteiger charge is 2.10. The van der Waals surface area contributed by atoms with E-state index in [1.54, 1.807) is 13.2 Å². The van der Waals surface area contributed by atoms with Crippen LogP contribution < -0.4 is 15.5 Å². The Bertz CT molecular complexity index is 883. The molecule has 3 aromatic rings. The highest BCUT2D eigenvalue weighted by atomic mass is 32.1. The first-order valence-electron chi connectivity index (χ1n) is 6.94. The standard InChI is InChI=1S/C16H17N3O2S/c1-9-8-22-16(18-9)17-7-13-10(2)19-14-5-4-11(21-3)6-12(14)15(13)20/h4-6,8H,7H2,1-3H3,(H,17,18)(H,19,20). The summed E-state index contributed by atoms with van der Waals surface area (Å²) < 4.78 is 5.20. The van der Waals surface area contributed by atoms with Crippen LogP contribution in [0.3, 0.4) is 0 Å². The van der Waals surface area contributed by atoms with Gasteiger partial charge < -0.3 is 15.0 Å². The van der Waals surface area contributed by atoms with Crippen LogP contribution >= 0.6 is 11.3 Å². The number of rotatable bonds is 4. The molecule has 0 saturated carbocycles. The van der Waals surface area contributed by atoms with Crippen LogP contribution in [-0.2, 0) is 6.54 Å². The summed E-state index contributed by atoms with van der Waals surface area (Å²) in [5, 5.41) is 6.65. The Labute approximate surface area is 132 Å². The van der Waals surface area contributed by atoms with Crippen molar-refractivity contribution < 1.29 is 4.74 Å². The molecule has 0 spiro atoms. The largest absolute Gasteiger partial charge is 0.497 e. The molecule has 0 radical (unpaired) electrons. The van der Waals surface area contributed by atoms with Gasteiger partial charge in [-0.05, 0) is 32.0 Å². The van der Waals surface area contributed by atoms with Gasteiger partial charge in [-0.2, -0.15) is 0 Å². The van der Waals surface area contributed by atoms with Gasteiger partial charge in [0.25, 0.3) is 0 Å². The number of aromatic nitrogens is 2. The molecule has 0 bridgehead atoms. The van der Waals surface area contributed by atoms with Gasteiger partial charge in [0.1, 0.15) is 5.75 Å². The molecule has 22 heavy (non-hydrogen) atoms. The first-order chi connectivity index (χ1) is 10.6. The Morgan fingerprint density at radius 3 is 2.86 bits per heavy atom. The van der Waals surface area contributed by atoms with Crippen LogP contribution in [0.15, 0.2) is 28.4 Å². The second-order valence-electron chi connectivity index (χ2n) is 5.12. The van der Waals surface area contributed by atoms with Crippen LogP contribution in [0.2, 0.25) is 0 Å². The predicted octanol–water partition coefficient (Wildman–Crippen LogP) is 3.22. The first kappa shape index (κ1) is 14.6. The van der Waals surface area contributed by atoms with Gasteiger partial charge in [0.05, 0.1) is 12.8 Å². The summed E-state index contributed by atoms with van der Waals surface area (Å²) in [4.78, 5) is 20.3. The number of hydrogen-bond acceptors (Lipinski definition) is 5. The van der Waals surface area contributed by atoms with Crippen LogP contribution in [0, 0.1) is 13.8 Å². The van der Waals surface area contributed by atoms with E-state index in [0.717, 1.165) is 22.0 Å². The molecule has 1 aromatic carbocycles. The average Bonchev–Trinajstić information content (AvgIpc) is 2.92. The number of H-pyrrole nitrogens is 1. The SMILES string of the molecule is COc1ccc2[nH]c(C)c(CNc3nc(C)cs3)c(=O)c2c1. The number of anilines is 1. The molecule has 0 unspecified atom stereocenters. The van der Waals surface area contributed by atoms with Crippen molar-refractivity contribution in [2.75, 3.05) is 12.4 Å². The van der Waals surface area contributed by atoms with Crippen LogP contribution in [0.1, 0.15) is 17.0 Å². The number of hydrogen-bond donors (Lipinski definition) is 2. The van der Waals surface area contributed by atoms with Crippen LogP contribution in [-0.4, -0.2) is 17.1 Å². The molecular weight excluding hydrogens is 298 g/mol. The molecule has 0 saturated heterocycles. The summed E-state index contributed by atoms with van der Waals surface area (Å²) >= 11 is 1.54. The lowest BCUT2D eigenvalue weighted by Gasteiger charge is -2.09. The Morgan fingerprint density at radius 2 is 2.18 bits per heavy atom. The van der Waals surface area contributed by atoms with E-state index in [1.165, 1.54) is 11.3 Å². The lowest BCUT2D eigenvalue weighted by Crippen LogP contribution is -2.16. The number of aromatic amines is 1. The smallest absolute Gasteiger partial charge is 0.194 e. The fourth-order valence-electron chi connectivity index (χ4n) is 2.37. The zero-order valence-corrected chi connectivity index (χ0v) is 13.5. The highest BCUT2D eigenvalue weighted by Crippen LogP contribution is 2.19. The molecule has 3 rings (SSSR count). The molecule has 0 fully saturated rings. The van der Waals surface area contributed by atoms with Gasteiger partial charge >= 0.3 is 0 Å². The second kappa shape index (κ2) is 5.81. The fraction of sp³-hybridized carbons (Fsp3) is 0.250. The lowest BCUT2D eigenvalue weighted by molar-refractivity contribution is 0.415. The number of ether oxygens (including phenoxy) is 1. The summed E-state index contributed by atoms with van der Waals surface area (Å²) in [7, 11) is 1.59. The maximum Gasteiger partial charge on any atom is 0.194 e. The van der Waals surface area contributed by atoms with E-state index >= 15 is 0 Å². The zero-order chi connectivity index (χ0) is 15.7. The average molecular weight is 315 g/mol. The van der Waals surface area contributed by atoms with Gasteiger partial charge in [-0.1, -0.05) is 0 Å². The van der Waals surface area contributed by atoms with Crippen molar-refractivity contribution in [2.45, 2.75) is 20.4 Å². The number of nitrogens with zero attached hydrogens (tertiary/aromatic N) is 1. The molecule has 2 N–H and O–H groups in total. The predicted molar refractivity (Wildman–Crippen MR) is 90.0 cm³/mol. The van der Waals surface area contributed by atoms with E-state index in [4.69, 9.17) is 4.74 Å². The monoisotopic (exact) mass is 315 g/mol. The topological polar surface area (TPSA) is 67.0 Å². The Balaban J connectivity index is 1.99. The third kappa shape index (κ3) is 2.69. The van der Waals surface area contributed by atoms with Crippen molar-refractivity contribution in [3.05, 3.63) is 50.8 Å². The van der Waals surface area contributed by atoms with Crippen molar-refractivity contribution in [3.8, 4) is 5.75 Å². The quantitative estimate of drug-likeness (QED) is 0.776. The number of thiazole rings is 1. The number of fused-ring (bicyclic) bond motifs is 1. The van der Waals surface area contributed by atoms with Gasteiger partial charge in [0, 0.05) is 34.1 Å². The third-order valence-corrected chi connectivity index (χ3v) is 4.47. The van der Waals surface area contributed by atoms with Crippen molar-refractivity contribution in [1.82, 2.24) is 9.97 Å². The summed E-state index contributed by atoms with van der Waals surface area (Å²) in [5.74, 6) is 0.677. The van der Waals surface area contributed by atoms with Gasteiger partial charge in [0.2, 0.25) is 0 Å². The molecule has 0 atom stereocenters. The molecule has 114 valence electrons. The minimum Gasteiger partial charge on any atom is -0.497 e. The minimum atomic E-state index is 0.0194. The Kier molecular flexibility index (Phi) is 3.85. The summed E-state index contributed by atoms with van der Waals surface area (Å²) in [6, 6.07) is 5.47. The molecule has 6 heteroatoms. The van der Waals surface area contributed by atoms with E-state index < -0.39 is 0 Å². The number of methoxy groups -OCH3 is 1. The summed E-state index contributed by atoms with van der Waals surface area (Å²) in [6.07, 6.45) is 0. The molecular formula is C16H17N3O2S. The minimum absolute atomic E-state index is 0.0194. The summed E-state index contributed by atoms with van der Waals surface area (Å²) in [6.45, 7) is 4.30. The van der Waals surface area contributed by atoms with Gasteiger partial charge in [-0.25, -0.2) is 4.98 Å². The lowest BCUT2D eigenvalue weighted by atomic mass is 10.1. The van der Waals surface area contributed by atoms with Gasteiger partial charge in [0.15, 0.2) is 10.6 Å². The van der Waals surface area contributed by atoms with E-state index in [2.05, 4.69) is 15.3 Å². The van der Waals surface area contributed by atoms with E-state index in [-0.39, 0.29) is 5.43 Å². The number of aryl methyl sites for hydroxylation is 2. The Morgan fingerprint density at radius 1 is 1.36 bits per heavy atom. The highest BCUT2D eigenvalue weighted by molar-refractivity contribution is 7.13. The second-order valence-corrected chi connectivity index (χ2v) is 5.97. The number of benzene rings is 1. The van der Waals surface area contributed by atoms with Gasteiger partial charge in [-0.3, -0.25) is 4.79 Å². The number of nitrogens with one attached hydrogen (secondary N) is 2. The molecule has 0 aliphatic rings. The molecule has 2 heterocycles. The Hall–Kier alpha value is -2.34. The zero-order valence-electron chi connectivity index (χ0n) is 12.7. The van der Waals surface area contributed by atoms with Crippen LogP contribution in [0.25, 0.3) is 10.9 Å². The van der Waals surface area contributed by atoms with Gasteiger partial charge in [-0.15, -0.1) is 11.3 Å². The third-order valence-electron chi connectivity index (χ3n) is 3.56. The van der Waals surface area contributed by atoms with E-state index in [0.29, 0.717) is 23.2 Å². The number of pyridine rings is 1. The van der Waals surface area contributed by atoms with Crippen molar-refractivity contribution in [1.29, 1.82) is 0 Å². The van der Waals surface area contributed by atoms with E-state index in [1.807, 2.05) is 31.4 Å². The van der Waals surface area contributed by atoms with Crippen molar-refractivity contribution >= 4 is 27.4 Å². The molecule has 2 aromatic heterocycles. The summed E-state index contributed by atoms with van der Waals surface area (Å²) in [5.41, 5.74) is 3.39. The normalized spacial score (nSPS) is 10.9.